The molecule has 2 aromatic rings. The predicted octanol–water partition coefficient (Wildman–Crippen LogP) is 4.09. The van der Waals surface area contributed by atoms with Crippen LogP contribution in [0, 0.1) is 6.92 Å². The zero-order valence-corrected chi connectivity index (χ0v) is 11.2. The normalized spacial score (nSPS) is 10.3. The van der Waals surface area contributed by atoms with Crippen molar-refractivity contribution in [3.63, 3.8) is 0 Å². The molecule has 0 aliphatic heterocycles. The molecule has 94 valence electrons. The highest BCUT2D eigenvalue weighted by atomic mass is 35.5. The molecule has 0 radical (unpaired) electrons. The molecule has 1 N–H and O–H groups in total. The summed E-state index contributed by atoms with van der Waals surface area (Å²) in [4.78, 5) is 4.08. The highest BCUT2D eigenvalue weighted by Gasteiger charge is 2.03. The fraction of sp³-hybridized carbons (Fsp3) is 0.267. The fourth-order valence-electron chi connectivity index (χ4n) is 1.89. The Hall–Kier alpha value is -1.54. The van der Waals surface area contributed by atoms with E-state index in [0.717, 1.165) is 30.6 Å². The van der Waals surface area contributed by atoms with Gasteiger partial charge in [-0.25, -0.2) is 4.98 Å². The van der Waals surface area contributed by atoms with Gasteiger partial charge in [0.15, 0.2) is 5.15 Å². The Morgan fingerprint density at radius 1 is 1.17 bits per heavy atom. The number of rotatable bonds is 5. The van der Waals surface area contributed by atoms with E-state index in [1.54, 1.807) is 6.20 Å². The number of halogens is 1. The third-order valence-corrected chi connectivity index (χ3v) is 3.19. The molecule has 0 saturated carbocycles. The number of aryl methyl sites for hydroxylation is 2. The van der Waals surface area contributed by atoms with Gasteiger partial charge >= 0.3 is 0 Å². The lowest BCUT2D eigenvalue weighted by Gasteiger charge is -2.10. The molecule has 18 heavy (non-hydrogen) atoms. The van der Waals surface area contributed by atoms with Crippen LogP contribution in [0.5, 0.6) is 0 Å². The molecular formula is C15H17ClN2. The van der Waals surface area contributed by atoms with Crippen LogP contribution in [-0.2, 0) is 6.42 Å². The third-order valence-electron chi connectivity index (χ3n) is 2.90. The lowest BCUT2D eigenvalue weighted by atomic mass is 10.1. The number of hydrogen-bond donors (Lipinski definition) is 1. The molecule has 3 heteroatoms. The molecular weight excluding hydrogens is 244 g/mol. The lowest BCUT2D eigenvalue weighted by molar-refractivity contribution is 0.861. The summed E-state index contributed by atoms with van der Waals surface area (Å²) in [6.07, 6.45) is 3.88. The van der Waals surface area contributed by atoms with Crippen molar-refractivity contribution in [1.29, 1.82) is 0 Å². The second-order valence-electron chi connectivity index (χ2n) is 4.31. The standard InChI is InChI=1S/C15H17ClN2/c1-12-9-11-18-15(16)14(12)17-10-5-8-13-6-3-2-4-7-13/h2-4,6-7,9,11,17H,5,8,10H2,1H3. The molecule has 0 fully saturated rings. The Bertz CT molecular complexity index is 477. The number of nitrogens with zero attached hydrogens (tertiary/aromatic N) is 1. The van der Waals surface area contributed by atoms with Gasteiger partial charge in [0.25, 0.3) is 0 Å². The lowest BCUT2D eigenvalue weighted by Crippen LogP contribution is -2.05. The van der Waals surface area contributed by atoms with Gasteiger partial charge in [0.2, 0.25) is 0 Å². The van der Waals surface area contributed by atoms with E-state index < -0.39 is 0 Å². The topological polar surface area (TPSA) is 24.9 Å². The van der Waals surface area contributed by atoms with Gasteiger partial charge in [-0.1, -0.05) is 41.9 Å². The van der Waals surface area contributed by atoms with Gasteiger partial charge in [-0.2, -0.15) is 0 Å². The molecule has 0 aliphatic rings. The smallest absolute Gasteiger partial charge is 0.152 e. The summed E-state index contributed by atoms with van der Waals surface area (Å²) in [6, 6.07) is 12.5. The molecule has 0 aliphatic carbocycles. The predicted molar refractivity (Wildman–Crippen MR) is 77.2 cm³/mol. The molecule has 1 aromatic carbocycles. The summed E-state index contributed by atoms with van der Waals surface area (Å²) in [5.74, 6) is 0. The number of anilines is 1. The largest absolute Gasteiger partial charge is 0.382 e. The summed E-state index contributed by atoms with van der Waals surface area (Å²) < 4.78 is 0. The van der Waals surface area contributed by atoms with E-state index in [2.05, 4.69) is 34.6 Å². The van der Waals surface area contributed by atoms with E-state index in [1.807, 2.05) is 19.1 Å². The van der Waals surface area contributed by atoms with Crippen LogP contribution in [0.4, 0.5) is 5.69 Å². The number of nitrogens with one attached hydrogen (secondary N) is 1. The monoisotopic (exact) mass is 260 g/mol. The van der Waals surface area contributed by atoms with E-state index in [4.69, 9.17) is 11.6 Å². The highest BCUT2D eigenvalue weighted by molar-refractivity contribution is 6.32. The molecule has 2 nitrogen and oxygen atoms in total. The quantitative estimate of drug-likeness (QED) is 0.647. The van der Waals surface area contributed by atoms with Crippen LogP contribution in [-0.4, -0.2) is 11.5 Å². The zero-order valence-electron chi connectivity index (χ0n) is 10.5. The van der Waals surface area contributed by atoms with Gasteiger partial charge in [0.05, 0.1) is 5.69 Å². The van der Waals surface area contributed by atoms with Crippen molar-refractivity contribution in [2.45, 2.75) is 19.8 Å². The van der Waals surface area contributed by atoms with Crippen molar-refractivity contribution >= 4 is 17.3 Å². The van der Waals surface area contributed by atoms with Crippen LogP contribution in [0.25, 0.3) is 0 Å². The summed E-state index contributed by atoms with van der Waals surface area (Å²) in [5.41, 5.74) is 3.45. The average molecular weight is 261 g/mol. The van der Waals surface area contributed by atoms with Crippen LogP contribution < -0.4 is 5.32 Å². The van der Waals surface area contributed by atoms with Crippen molar-refractivity contribution in [2.75, 3.05) is 11.9 Å². The molecule has 1 heterocycles. The summed E-state index contributed by atoms with van der Waals surface area (Å²) in [5, 5.41) is 3.91. The van der Waals surface area contributed by atoms with E-state index in [9.17, 15) is 0 Å². The first-order valence-electron chi connectivity index (χ1n) is 6.16. The second kappa shape index (κ2) is 6.41. The van der Waals surface area contributed by atoms with Crippen LogP contribution in [0.3, 0.4) is 0 Å². The number of benzene rings is 1. The average Bonchev–Trinajstić information content (AvgIpc) is 2.38. The van der Waals surface area contributed by atoms with Gasteiger partial charge < -0.3 is 5.32 Å². The maximum absolute atomic E-state index is 6.05. The van der Waals surface area contributed by atoms with E-state index >= 15 is 0 Å². The molecule has 0 atom stereocenters. The Morgan fingerprint density at radius 3 is 2.67 bits per heavy atom. The SMILES string of the molecule is Cc1ccnc(Cl)c1NCCCc1ccccc1. The Morgan fingerprint density at radius 2 is 1.94 bits per heavy atom. The fourth-order valence-corrected chi connectivity index (χ4v) is 2.16. The van der Waals surface area contributed by atoms with Gasteiger partial charge in [-0.3, -0.25) is 0 Å². The van der Waals surface area contributed by atoms with E-state index in [0.29, 0.717) is 5.15 Å². The molecule has 1 aromatic heterocycles. The second-order valence-corrected chi connectivity index (χ2v) is 4.67. The first-order valence-corrected chi connectivity index (χ1v) is 6.54. The van der Waals surface area contributed by atoms with E-state index in [-0.39, 0.29) is 0 Å². The highest BCUT2D eigenvalue weighted by Crippen LogP contribution is 2.22. The third kappa shape index (κ3) is 3.47. The van der Waals surface area contributed by atoms with Crippen LogP contribution in [0.15, 0.2) is 42.6 Å². The van der Waals surface area contributed by atoms with Crippen LogP contribution >= 0.6 is 11.6 Å². The van der Waals surface area contributed by atoms with Crippen molar-refractivity contribution in [2.24, 2.45) is 0 Å². The molecule has 0 saturated heterocycles. The summed E-state index contributed by atoms with van der Waals surface area (Å²) in [7, 11) is 0. The molecule has 2 rings (SSSR count). The Labute approximate surface area is 113 Å². The minimum Gasteiger partial charge on any atom is -0.382 e. The van der Waals surface area contributed by atoms with Crippen molar-refractivity contribution in [3.05, 3.63) is 58.9 Å². The van der Waals surface area contributed by atoms with Gasteiger partial charge in [-0.15, -0.1) is 0 Å². The minimum absolute atomic E-state index is 0.551. The molecule has 0 unspecified atom stereocenters. The molecule has 0 bridgehead atoms. The van der Waals surface area contributed by atoms with Gasteiger partial charge in [0.1, 0.15) is 0 Å². The summed E-state index contributed by atoms with van der Waals surface area (Å²) >= 11 is 6.05. The van der Waals surface area contributed by atoms with E-state index in [1.165, 1.54) is 5.56 Å². The van der Waals surface area contributed by atoms with Gasteiger partial charge in [-0.05, 0) is 37.0 Å². The first-order chi connectivity index (χ1) is 8.77. The molecule has 0 spiro atoms. The number of hydrogen-bond acceptors (Lipinski definition) is 2. The zero-order chi connectivity index (χ0) is 12.8. The van der Waals surface area contributed by atoms with Crippen molar-refractivity contribution < 1.29 is 0 Å². The maximum atomic E-state index is 6.05. The van der Waals surface area contributed by atoms with Crippen molar-refractivity contribution in [1.82, 2.24) is 4.98 Å². The number of pyridine rings is 1. The minimum atomic E-state index is 0.551. The summed E-state index contributed by atoms with van der Waals surface area (Å²) in [6.45, 7) is 2.94. The van der Waals surface area contributed by atoms with Crippen molar-refractivity contribution in [3.8, 4) is 0 Å². The number of aromatic nitrogens is 1. The molecule has 0 amide bonds. The van der Waals surface area contributed by atoms with Crippen LogP contribution in [0.1, 0.15) is 17.5 Å². The Balaban J connectivity index is 1.82. The maximum Gasteiger partial charge on any atom is 0.152 e. The van der Waals surface area contributed by atoms with Crippen LogP contribution in [0.2, 0.25) is 5.15 Å². The first kappa shape index (κ1) is 12.9. The Kier molecular flexibility index (Phi) is 4.59. The van der Waals surface area contributed by atoms with Gasteiger partial charge in [0, 0.05) is 12.7 Å².